The summed E-state index contributed by atoms with van der Waals surface area (Å²) in [5, 5.41) is 7.91. The molecule has 5 nitrogen and oxygen atoms in total. The van der Waals surface area contributed by atoms with E-state index in [9.17, 15) is 4.79 Å². The summed E-state index contributed by atoms with van der Waals surface area (Å²) in [6.07, 6.45) is 1.75. The molecule has 0 unspecified atom stereocenters. The van der Waals surface area contributed by atoms with Gasteiger partial charge in [0.05, 0.1) is 0 Å². The molecule has 1 N–H and O–H groups in total. The molecule has 2 heterocycles. The lowest BCUT2D eigenvalue weighted by atomic mass is 10.0. The lowest BCUT2D eigenvalue weighted by molar-refractivity contribution is 0.102. The van der Waals surface area contributed by atoms with E-state index in [4.69, 9.17) is 23.2 Å². The summed E-state index contributed by atoms with van der Waals surface area (Å²) in [6, 6.07) is 10.5. The molecule has 0 spiro atoms. The second-order valence-electron chi connectivity index (χ2n) is 5.37. The predicted octanol–water partition coefficient (Wildman–Crippen LogP) is 4.35. The third-order valence-corrected chi connectivity index (χ3v) is 3.77. The van der Waals surface area contributed by atoms with Gasteiger partial charge in [-0.25, -0.2) is 4.98 Å². The number of aryl methyl sites for hydroxylation is 2. The lowest BCUT2D eigenvalue weighted by Gasteiger charge is -2.08. The van der Waals surface area contributed by atoms with Crippen LogP contribution in [0.3, 0.4) is 0 Å². The molecule has 0 radical (unpaired) electrons. The Morgan fingerprint density at radius 2 is 1.75 bits per heavy atom. The number of halogens is 2. The highest BCUT2D eigenvalue weighted by atomic mass is 35.5. The van der Waals surface area contributed by atoms with E-state index in [0.29, 0.717) is 21.6 Å². The minimum Gasteiger partial charge on any atom is -0.304 e. The minimum atomic E-state index is -0.327. The molecule has 7 heteroatoms. The molecule has 0 fully saturated rings. The maximum absolute atomic E-state index is 12.4. The Bertz CT molecular complexity index is 900. The second kappa shape index (κ2) is 6.63. The van der Waals surface area contributed by atoms with E-state index in [0.717, 1.165) is 16.8 Å². The van der Waals surface area contributed by atoms with Crippen LogP contribution in [0.25, 0.3) is 11.1 Å². The highest BCUT2D eigenvalue weighted by Gasteiger charge is 2.12. The maximum atomic E-state index is 12.4. The molecule has 2 aromatic heterocycles. The Kier molecular flexibility index (Phi) is 4.55. The average Bonchev–Trinajstić information content (AvgIpc) is 2.90. The van der Waals surface area contributed by atoms with Crippen molar-refractivity contribution in [1.82, 2.24) is 14.8 Å². The molecule has 1 aromatic carbocycles. The lowest BCUT2D eigenvalue weighted by Crippen LogP contribution is -2.15. The zero-order chi connectivity index (χ0) is 17.3. The van der Waals surface area contributed by atoms with Crippen molar-refractivity contribution in [3.63, 3.8) is 0 Å². The Labute approximate surface area is 149 Å². The SMILES string of the molecule is Cc1cc(-c2cc(Cl)cc(Cl)c2)cc(C(=O)Nc2ccn(C)n2)n1. The number of rotatable bonds is 3. The fourth-order valence-electron chi connectivity index (χ4n) is 2.33. The van der Waals surface area contributed by atoms with Gasteiger partial charge in [-0.1, -0.05) is 23.2 Å². The number of benzene rings is 1. The smallest absolute Gasteiger partial charge is 0.275 e. The van der Waals surface area contributed by atoms with Crippen molar-refractivity contribution in [3.05, 3.63) is 64.0 Å². The Hall–Kier alpha value is -2.37. The van der Waals surface area contributed by atoms with Gasteiger partial charge in [-0.2, -0.15) is 5.10 Å². The first kappa shape index (κ1) is 16.5. The molecule has 122 valence electrons. The van der Waals surface area contributed by atoms with E-state index < -0.39 is 0 Å². The molecular weight excluding hydrogens is 347 g/mol. The van der Waals surface area contributed by atoms with Gasteiger partial charge in [0.1, 0.15) is 5.69 Å². The van der Waals surface area contributed by atoms with E-state index >= 15 is 0 Å². The number of pyridine rings is 1. The fourth-order valence-corrected chi connectivity index (χ4v) is 2.86. The number of aromatic nitrogens is 3. The van der Waals surface area contributed by atoms with Crippen LogP contribution in [-0.2, 0) is 7.05 Å². The third-order valence-electron chi connectivity index (χ3n) is 3.34. The molecule has 0 saturated carbocycles. The molecular formula is C17H14Cl2N4O. The number of hydrogen-bond acceptors (Lipinski definition) is 3. The van der Waals surface area contributed by atoms with Crippen LogP contribution in [0.15, 0.2) is 42.6 Å². The van der Waals surface area contributed by atoms with Crippen LogP contribution >= 0.6 is 23.2 Å². The Morgan fingerprint density at radius 1 is 1.08 bits per heavy atom. The minimum absolute atomic E-state index is 0.298. The molecule has 0 aliphatic rings. The summed E-state index contributed by atoms with van der Waals surface area (Å²) in [5.74, 6) is 0.143. The van der Waals surface area contributed by atoms with Crippen LogP contribution in [0, 0.1) is 6.92 Å². The summed E-state index contributed by atoms with van der Waals surface area (Å²) < 4.78 is 1.61. The monoisotopic (exact) mass is 360 g/mol. The fraction of sp³-hybridized carbons (Fsp3) is 0.118. The van der Waals surface area contributed by atoms with Crippen LogP contribution < -0.4 is 5.32 Å². The molecule has 0 bridgehead atoms. The van der Waals surface area contributed by atoms with Crippen molar-refractivity contribution in [2.24, 2.45) is 7.05 Å². The molecule has 3 rings (SSSR count). The van der Waals surface area contributed by atoms with Gasteiger partial charge in [0.15, 0.2) is 5.82 Å². The number of carbonyl (C=O) groups excluding carboxylic acids is 1. The first-order valence-electron chi connectivity index (χ1n) is 7.17. The normalized spacial score (nSPS) is 10.7. The third kappa shape index (κ3) is 3.75. The van der Waals surface area contributed by atoms with Crippen LogP contribution in [-0.4, -0.2) is 20.7 Å². The van der Waals surface area contributed by atoms with Crippen LogP contribution in [0.1, 0.15) is 16.2 Å². The van der Waals surface area contributed by atoms with Gasteiger partial charge in [0.2, 0.25) is 0 Å². The molecule has 0 atom stereocenters. The van der Waals surface area contributed by atoms with Crippen LogP contribution in [0.5, 0.6) is 0 Å². The highest BCUT2D eigenvalue weighted by molar-refractivity contribution is 6.35. The van der Waals surface area contributed by atoms with E-state index in [-0.39, 0.29) is 5.91 Å². The molecule has 3 aromatic rings. The van der Waals surface area contributed by atoms with Gasteiger partial charge in [0.25, 0.3) is 5.91 Å². The zero-order valence-electron chi connectivity index (χ0n) is 13.0. The van der Waals surface area contributed by atoms with Gasteiger partial charge < -0.3 is 5.32 Å². The number of anilines is 1. The molecule has 0 aliphatic carbocycles. The van der Waals surface area contributed by atoms with Gasteiger partial charge in [0, 0.05) is 35.1 Å². The Balaban J connectivity index is 1.95. The summed E-state index contributed by atoms with van der Waals surface area (Å²) in [6.45, 7) is 1.83. The molecule has 0 saturated heterocycles. The predicted molar refractivity (Wildman–Crippen MR) is 95.6 cm³/mol. The maximum Gasteiger partial charge on any atom is 0.275 e. The number of amides is 1. The topological polar surface area (TPSA) is 59.8 Å². The number of nitrogens with zero attached hydrogens (tertiary/aromatic N) is 3. The largest absolute Gasteiger partial charge is 0.304 e. The van der Waals surface area contributed by atoms with Gasteiger partial charge >= 0.3 is 0 Å². The first-order valence-corrected chi connectivity index (χ1v) is 7.92. The van der Waals surface area contributed by atoms with Gasteiger partial charge in [-0.3, -0.25) is 9.48 Å². The van der Waals surface area contributed by atoms with Crippen LogP contribution in [0.2, 0.25) is 10.0 Å². The van der Waals surface area contributed by atoms with Crippen LogP contribution in [0.4, 0.5) is 5.82 Å². The molecule has 24 heavy (non-hydrogen) atoms. The van der Waals surface area contributed by atoms with E-state index in [1.807, 2.05) is 13.0 Å². The van der Waals surface area contributed by atoms with Crippen molar-refractivity contribution in [2.75, 3.05) is 5.32 Å². The zero-order valence-corrected chi connectivity index (χ0v) is 14.6. The molecule has 0 aliphatic heterocycles. The van der Waals surface area contributed by atoms with Crippen molar-refractivity contribution in [3.8, 4) is 11.1 Å². The molecule has 1 amide bonds. The average molecular weight is 361 g/mol. The summed E-state index contributed by atoms with van der Waals surface area (Å²) in [5.41, 5.74) is 2.66. The number of nitrogens with one attached hydrogen (secondary N) is 1. The van der Waals surface area contributed by atoms with Crippen molar-refractivity contribution < 1.29 is 4.79 Å². The Morgan fingerprint density at radius 3 is 2.38 bits per heavy atom. The number of hydrogen-bond donors (Lipinski definition) is 1. The first-order chi connectivity index (χ1) is 11.4. The van der Waals surface area contributed by atoms with Crippen molar-refractivity contribution >= 4 is 34.9 Å². The van der Waals surface area contributed by atoms with Gasteiger partial charge in [-0.15, -0.1) is 0 Å². The van der Waals surface area contributed by atoms with Crippen molar-refractivity contribution in [1.29, 1.82) is 0 Å². The standard InChI is InChI=1S/C17H14Cl2N4O/c1-10-5-11(12-6-13(18)9-14(19)7-12)8-15(20-10)17(24)21-16-3-4-23(2)22-16/h3-9H,1-2H3,(H,21,22,24). The summed E-state index contributed by atoms with van der Waals surface area (Å²) in [4.78, 5) is 16.7. The summed E-state index contributed by atoms with van der Waals surface area (Å²) >= 11 is 12.1. The second-order valence-corrected chi connectivity index (χ2v) is 6.24. The van der Waals surface area contributed by atoms with E-state index in [2.05, 4.69) is 15.4 Å². The van der Waals surface area contributed by atoms with E-state index in [1.165, 1.54) is 0 Å². The highest BCUT2D eigenvalue weighted by Crippen LogP contribution is 2.28. The van der Waals surface area contributed by atoms with E-state index in [1.54, 1.807) is 48.3 Å². The van der Waals surface area contributed by atoms with Gasteiger partial charge in [-0.05, 0) is 48.4 Å². The summed E-state index contributed by atoms with van der Waals surface area (Å²) in [7, 11) is 1.78. The number of carbonyl (C=O) groups is 1. The quantitative estimate of drug-likeness (QED) is 0.755. The van der Waals surface area contributed by atoms with Crippen molar-refractivity contribution in [2.45, 2.75) is 6.92 Å².